The van der Waals surface area contributed by atoms with Crippen molar-refractivity contribution in [2.75, 3.05) is 13.1 Å². The fraction of sp³-hybridized carbons (Fsp3) is 0.143. The van der Waals surface area contributed by atoms with Crippen LogP contribution in [0.4, 0.5) is 11.4 Å². The fourth-order valence-electron chi connectivity index (χ4n) is 2.19. The van der Waals surface area contributed by atoms with Gasteiger partial charge < -0.3 is 0 Å². The zero-order valence-corrected chi connectivity index (χ0v) is 8.63. The van der Waals surface area contributed by atoms with E-state index < -0.39 is 0 Å². The van der Waals surface area contributed by atoms with Gasteiger partial charge in [-0.05, 0) is 24.3 Å². The third-order valence-corrected chi connectivity index (χ3v) is 3.17. The lowest BCUT2D eigenvalue weighted by Gasteiger charge is -2.16. The van der Waals surface area contributed by atoms with E-state index in [4.69, 9.17) is 0 Å². The van der Waals surface area contributed by atoms with E-state index in [0.717, 1.165) is 4.48 Å². The van der Waals surface area contributed by atoms with Crippen LogP contribution in [0.15, 0.2) is 60.7 Å². The lowest BCUT2D eigenvalue weighted by molar-refractivity contribution is 0.742. The molecule has 1 fully saturated rings. The third kappa shape index (κ3) is 1.36. The first-order valence-corrected chi connectivity index (χ1v) is 5.40. The fourth-order valence-corrected chi connectivity index (χ4v) is 2.19. The maximum Gasteiger partial charge on any atom is 0.139 e. The summed E-state index contributed by atoms with van der Waals surface area (Å²) in [5, 5.41) is 0. The lowest BCUT2D eigenvalue weighted by Crippen LogP contribution is -2.17. The van der Waals surface area contributed by atoms with Gasteiger partial charge in [0.05, 0.1) is 0 Å². The smallest absolute Gasteiger partial charge is 0.139 e. The number of hydrogen-bond donors (Lipinski definition) is 0. The van der Waals surface area contributed by atoms with E-state index in [9.17, 15) is 0 Å². The van der Waals surface area contributed by atoms with Crippen molar-refractivity contribution in [1.29, 1.82) is 0 Å². The van der Waals surface area contributed by atoms with Crippen LogP contribution < -0.4 is 4.48 Å². The molecule has 1 heterocycles. The summed E-state index contributed by atoms with van der Waals surface area (Å²) in [6.07, 6.45) is 0. The topological polar surface area (TPSA) is 0 Å². The van der Waals surface area contributed by atoms with E-state index in [1.807, 2.05) is 0 Å². The quantitative estimate of drug-likeness (QED) is 0.510. The summed E-state index contributed by atoms with van der Waals surface area (Å²) in [5.74, 6) is 0. The van der Waals surface area contributed by atoms with Crippen molar-refractivity contribution in [3.8, 4) is 0 Å². The van der Waals surface area contributed by atoms with Gasteiger partial charge in [-0.25, -0.2) is 4.48 Å². The van der Waals surface area contributed by atoms with E-state index >= 15 is 0 Å². The highest BCUT2D eigenvalue weighted by atomic mass is 15.5. The second-order valence-electron chi connectivity index (χ2n) is 4.09. The normalized spacial score (nSPS) is 17.3. The zero-order valence-electron chi connectivity index (χ0n) is 8.63. The summed E-state index contributed by atoms with van der Waals surface area (Å²) in [7, 11) is 0. The van der Waals surface area contributed by atoms with Crippen LogP contribution in [-0.2, 0) is 0 Å². The SMILES string of the molecule is c1ccc([N+]2(c3ccccc3)CC2)cc1. The Balaban J connectivity index is 2.06. The summed E-state index contributed by atoms with van der Waals surface area (Å²) >= 11 is 0. The predicted molar refractivity (Wildman–Crippen MR) is 64.1 cm³/mol. The van der Waals surface area contributed by atoms with Gasteiger partial charge >= 0.3 is 0 Å². The first-order chi connectivity index (χ1) is 7.42. The Hall–Kier alpha value is -1.60. The van der Waals surface area contributed by atoms with Crippen LogP contribution in [0.2, 0.25) is 0 Å². The van der Waals surface area contributed by atoms with Crippen molar-refractivity contribution in [2.45, 2.75) is 0 Å². The summed E-state index contributed by atoms with van der Waals surface area (Å²) in [5.41, 5.74) is 2.81. The molecule has 1 saturated heterocycles. The first kappa shape index (κ1) is 8.69. The maximum atomic E-state index is 2.22. The Bertz CT molecular complexity index is 402. The summed E-state index contributed by atoms with van der Waals surface area (Å²) in [6, 6.07) is 21.5. The summed E-state index contributed by atoms with van der Waals surface area (Å²) < 4.78 is 1.03. The van der Waals surface area contributed by atoms with Crippen molar-refractivity contribution in [3.05, 3.63) is 60.7 Å². The van der Waals surface area contributed by atoms with Gasteiger partial charge in [0.25, 0.3) is 0 Å². The Morgan fingerprint density at radius 3 is 1.33 bits per heavy atom. The van der Waals surface area contributed by atoms with Gasteiger partial charge in [0.15, 0.2) is 0 Å². The van der Waals surface area contributed by atoms with Gasteiger partial charge in [0.1, 0.15) is 24.5 Å². The minimum Gasteiger partial charge on any atom is -0.249 e. The minimum atomic E-state index is 1.03. The van der Waals surface area contributed by atoms with E-state index in [0.29, 0.717) is 0 Å². The van der Waals surface area contributed by atoms with Gasteiger partial charge in [-0.3, -0.25) is 0 Å². The molecule has 0 saturated carbocycles. The summed E-state index contributed by atoms with van der Waals surface area (Å²) in [4.78, 5) is 0. The molecule has 0 spiro atoms. The van der Waals surface area contributed by atoms with E-state index in [-0.39, 0.29) is 0 Å². The average Bonchev–Trinajstić information content (AvgIpc) is 3.13. The monoisotopic (exact) mass is 196 g/mol. The van der Waals surface area contributed by atoms with E-state index in [1.54, 1.807) is 0 Å². The molecule has 0 aromatic heterocycles. The molecule has 74 valence electrons. The van der Waals surface area contributed by atoms with Gasteiger partial charge in [-0.2, -0.15) is 0 Å². The lowest BCUT2D eigenvalue weighted by atomic mass is 10.2. The third-order valence-electron chi connectivity index (χ3n) is 3.17. The van der Waals surface area contributed by atoms with Crippen LogP contribution in [0.3, 0.4) is 0 Å². The second-order valence-corrected chi connectivity index (χ2v) is 4.09. The number of nitrogens with zero attached hydrogens (tertiary/aromatic N) is 1. The van der Waals surface area contributed by atoms with Crippen LogP contribution in [-0.4, -0.2) is 13.1 Å². The molecule has 2 aromatic carbocycles. The molecule has 1 aliphatic heterocycles. The van der Waals surface area contributed by atoms with Crippen molar-refractivity contribution >= 4 is 11.4 Å². The van der Waals surface area contributed by atoms with Crippen molar-refractivity contribution in [1.82, 2.24) is 4.48 Å². The Morgan fingerprint density at radius 1 is 0.600 bits per heavy atom. The highest BCUT2D eigenvalue weighted by Gasteiger charge is 2.46. The molecule has 1 nitrogen and oxygen atoms in total. The van der Waals surface area contributed by atoms with Gasteiger partial charge in [-0.1, -0.05) is 36.4 Å². The Kier molecular flexibility index (Phi) is 1.86. The predicted octanol–water partition coefficient (Wildman–Crippen LogP) is 3.34. The molecule has 1 aliphatic rings. The number of hydrogen-bond acceptors (Lipinski definition) is 0. The second kappa shape index (κ2) is 3.21. The van der Waals surface area contributed by atoms with Crippen LogP contribution in [0, 0.1) is 0 Å². The van der Waals surface area contributed by atoms with Crippen LogP contribution in [0.1, 0.15) is 0 Å². The van der Waals surface area contributed by atoms with E-state index in [1.165, 1.54) is 24.5 Å². The molecule has 3 rings (SSSR count). The summed E-state index contributed by atoms with van der Waals surface area (Å²) in [6.45, 7) is 2.46. The van der Waals surface area contributed by atoms with Gasteiger partial charge in [0, 0.05) is 0 Å². The number of para-hydroxylation sites is 2. The first-order valence-electron chi connectivity index (χ1n) is 5.40. The molecule has 0 radical (unpaired) electrons. The molecule has 1 heteroatoms. The van der Waals surface area contributed by atoms with Crippen LogP contribution in [0.25, 0.3) is 0 Å². The number of benzene rings is 2. The molecule has 0 N–H and O–H groups in total. The zero-order chi connectivity index (χ0) is 10.1. The van der Waals surface area contributed by atoms with Crippen LogP contribution in [0.5, 0.6) is 0 Å². The van der Waals surface area contributed by atoms with E-state index in [2.05, 4.69) is 60.7 Å². The molecule has 15 heavy (non-hydrogen) atoms. The molecule has 0 unspecified atom stereocenters. The number of rotatable bonds is 2. The average molecular weight is 196 g/mol. The van der Waals surface area contributed by atoms with Crippen molar-refractivity contribution in [3.63, 3.8) is 0 Å². The molecular formula is C14H14N+. The molecular weight excluding hydrogens is 182 g/mol. The molecule has 2 aromatic rings. The standard InChI is InChI=1S/C14H14N/c1-3-7-13(8-4-1)15(11-12-15)14-9-5-2-6-10-14/h1-10H,11-12H2/q+1. The van der Waals surface area contributed by atoms with Crippen molar-refractivity contribution < 1.29 is 0 Å². The molecule has 0 atom stereocenters. The highest BCUT2D eigenvalue weighted by molar-refractivity contribution is 5.62. The largest absolute Gasteiger partial charge is 0.249 e. The Labute approximate surface area is 90.2 Å². The Morgan fingerprint density at radius 2 is 1.00 bits per heavy atom. The molecule has 0 bridgehead atoms. The van der Waals surface area contributed by atoms with Crippen LogP contribution >= 0.6 is 0 Å². The van der Waals surface area contributed by atoms with Gasteiger partial charge in [0.2, 0.25) is 0 Å². The molecule has 0 amide bonds. The molecule has 0 aliphatic carbocycles. The minimum absolute atomic E-state index is 1.03. The number of quaternary nitrogens is 1. The van der Waals surface area contributed by atoms with Gasteiger partial charge in [-0.15, -0.1) is 0 Å². The van der Waals surface area contributed by atoms with Crippen molar-refractivity contribution in [2.24, 2.45) is 0 Å². The maximum absolute atomic E-state index is 2.22. The highest BCUT2D eigenvalue weighted by Crippen LogP contribution is 2.41.